The summed E-state index contributed by atoms with van der Waals surface area (Å²) in [6.45, 7) is 1.94. The van der Waals surface area contributed by atoms with Gasteiger partial charge in [-0.05, 0) is 38.1 Å². The highest BCUT2D eigenvalue weighted by Crippen LogP contribution is 2.38. The largest absolute Gasteiger partial charge is 0.508 e. The number of benzene rings is 2. The maximum absolute atomic E-state index is 13.8. The Bertz CT molecular complexity index is 1750. The van der Waals surface area contributed by atoms with Crippen molar-refractivity contribution >= 4 is 11.0 Å². The Kier molecular flexibility index (Phi) is 12.5. The molecule has 15 atom stereocenters. The molecule has 0 saturated carbocycles. The lowest BCUT2D eigenvalue weighted by molar-refractivity contribution is -0.299. The monoisotopic (exact) mass is 758 g/mol. The molecule has 2 saturated heterocycles. The van der Waals surface area contributed by atoms with Crippen molar-refractivity contribution in [1.29, 1.82) is 0 Å². The molecule has 5 rings (SSSR count). The van der Waals surface area contributed by atoms with Crippen molar-refractivity contribution in [3.8, 4) is 34.3 Å². The van der Waals surface area contributed by atoms with Crippen LogP contribution in [-0.2, 0) is 14.2 Å². The lowest BCUT2D eigenvalue weighted by Gasteiger charge is -2.39. The van der Waals surface area contributed by atoms with Crippen molar-refractivity contribution in [1.82, 2.24) is 0 Å². The van der Waals surface area contributed by atoms with Crippen molar-refractivity contribution in [2.45, 2.75) is 106 Å². The molecular formula is C33H42O20. The van der Waals surface area contributed by atoms with Gasteiger partial charge in [0.2, 0.25) is 23.8 Å². The molecule has 20 nitrogen and oxygen atoms in total. The van der Waals surface area contributed by atoms with E-state index in [0.717, 1.165) is 12.1 Å². The molecule has 53 heavy (non-hydrogen) atoms. The highest BCUT2D eigenvalue weighted by molar-refractivity contribution is 5.88. The van der Waals surface area contributed by atoms with Crippen molar-refractivity contribution in [3.05, 3.63) is 46.6 Å². The number of ether oxygens (including phenoxy) is 5. The van der Waals surface area contributed by atoms with Gasteiger partial charge in [-0.25, -0.2) is 0 Å². The van der Waals surface area contributed by atoms with Crippen LogP contribution in [0.15, 0.2) is 45.6 Å². The van der Waals surface area contributed by atoms with Crippen LogP contribution in [0.25, 0.3) is 22.3 Å². The van der Waals surface area contributed by atoms with Gasteiger partial charge in [0.25, 0.3) is 0 Å². The van der Waals surface area contributed by atoms with Gasteiger partial charge in [-0.3, -0.25) is 4.79 Å². The van der Waals surface area contributed by atoms with Crippen LogP contribution in [0.1, 0.15) is 13.8 Å². The summed E-state index contributed by atoms with van der Waals surface area (Å²) in [4.78, 5) is 13.8. The molecular weight excluding hydrogens is 716 g/mol. The number of aromatic hydroxyl groups is 2. The number of aliphatic hydroxyl groups is 11. The highest BCUT2D eigenvalue weighted by Gasteiger charge is 2.45. The normalized spacial score (nSPS) is 32.1. The van der Waals surface area contributed by atoms with Gasteiger partial charge in [0.15, 0.2) is 12.1 Å². The van der Waals surface area contributed by atoms with E-state index in [4.69, 9.17) is 28.1 Å². The van der Waals surface area contributed by atoms with E-state index < -0.39 is 127 Å². The summed E-state index contributed by atoms with van der Waals surface area (Å²) in [5.41, 5.74) is -1.44. The molecule has 294 valence electrons. The summed E-state index contributed by atoms with van der Waals surface area (Å²) in [5, 5.41) is 133. The van der Waals surface area contributed by atoms with E-state index >= 15 is 0 Å². The number of fused-ring (bicyclic) bond motifs is 1. The predicted molar refractivity (Wildman–Crippen MR) is 173 cm³/mol. The van der Waals surface area contributed by atoms with Crippen molar-refractivity contribution < 1.29 is 94.5 Å². The molecule has 13 N–H and O–H groups in total. The van der Waals surface area contributed by atoms with Gasteiger partial charge < -0.3 is 94.5 Å². The van der Waals surface area contributed by atoms with Crippen LogP contribution >= 0.6 is 0 Å². The average molecular weight is 759 g/mol. The molecule has 2 aliphatic heterocycles. The Balaban J connectivity index is 1.38. The van der Waals surface area contributed by atoms with E-state index in [1.54, 1.807) is 0 Å². The summed E-state index contributed by atoms with van der Waals surface area (Å²) in [6, 6.07) is 7.00. The number of hydrogen-bond donors (Lipinski definition) is 13. The molecule has 0 bridgehead atoms. The molecule has 1 aromatic heterocycles. The quantitative estimate of drug-likeness (QED) is 0.0784. The average Bonchev–Trinajstić information content (AvgIpc) is 3.12. The van der Waals surface area contributed by atoms with Gasteiger partial charge in [0, 0.05) is 17.7 Å². The molecule has 3 heterocycles. The second-order valence-electron chi connectivity index (χ2n) is 12.8. The number of phenolic OH excluding ortho intramolecular Hbond substituents is 2. The second kappa shape index (κ2) is 16.3. The molecule has 2 aliphatic rings. The number of phenols is 2. The molecule has 20 heteroatoms. The first-order chi connectivity index (χ1) is 24.9. The summed E-state index contributed by atoms with van der Waals surface area (Å²) < 4.78 is 32.6. The van der Waals surface area contributed by atoms with Gasteiger partial charge in [0.1, 0.15) is 89.3 Å². The van der Waals surface area contributed by atoms with Crippen molar-refractivity contribution in [3.63, 3.8) is 0 Å². The zero-order valence-corrected chi connectivity index (χ0v) is 28.0. The molecule has 0 spiro atoms. The van der Waals surface area contributed by atoms with Crippen LogP contribution in [0.5, 0.6) is 23.0 Å². The van der Waals surface area contributed by atoms with E-state index in [0.29, 0.717) is 0 Å². The Hall–Kier alpha value is -3.71. The Morgan fingerprint density at radius 1 is 0.717 bits per heavy atom. The second-order valence-corrected chi connectivity index (χ2v) is 12.8. The minimum atomic E-state index is -2.52. The molecule has 2 aromatic carbocycles. The zero-order valence-electron chi connectivity index (χ0n) is 28.0. The van der Waals surface area contributed by atoms with Crippen LogP contribution in [-0.4, -0.2) is 165 Å². The number of aliphatic hydroxyl groups excluding tert-OH is 11. The Morgan fingerprint density at radius 2 is 1.28 bits per heavy atom. The first kappa shape index (κ1) is 40.5. The van der Waals surface area contributed by atoms with Gasteiger partial charge in [-0.2, -0.15) is 0 Å². The lowest BCUT2D eigenvalue weighted by Crippen LogP contribution is -2.58. The first-order valence-corrected chi connectivity index (χ1v) is 16.3. The predicted octanol–water partition coefficient (Wildman–Crippen LogP) is -3.94. The fourth-order valence-electron chi connectivity index (χ4n) is 5.71. The molecule has 0 radical (unpaired) electrons. The SMILES string of the molecule is C[C@@H]1O[C@@H](Oc2cc(O)c3c(=O)c(O[C@H](O)[C@H](O)[C@@H](O)[C@H](O)[C@H](O)CO[C@H]4O[C@@H](C)[C@H](O)[C@@H](O)[C@H]4O)c(-c4ccc(O)cc4)oc3c2)[C@H](O)[C@H](O)[C@H]1O. The Morgan fingerprint density at radius 3 is 1.89 bits per heavy atom. The Labute approximate surface area is 299 Å². The summed E-state index contributed by atoms with van der Waals surface area (Å²) in [6.07, 6.45) is -26.3. The van der Waals surface area contributed by atoms with Crippen LogP contribution in [0.4, 0.5) is 0 Å². The fraction of sp³-hybridized carbons (Fsp3) is 0.545. The van der Waals surface area contributed by atoms with Gasteiger partial charge >= 0.3 is 0 Å². The smallest absolute Gasteiger partial charge is 0.239 e. The molecule has 3 aromatic rings. The maximum atomic E-state index is 13.8. The van der Waals surface area contributed by atoms with Crippen LogP contribution < -0.4 is 14.9 Å². The lowest BCUT2D eigenvalue weighted by atomic mass is 10.00. The van der Waals surface area contributed by atoms with Crippen LogP contribution in [0.2, 0.25) is 0 Å². The molecule has 0 amide bonds. The first-order valence-electron chi connectivity index (χ1n) is 16.3. The van der Waals surface area contributed by atoms with E-state index in [1.807, 2.05) is 0 Å². The van der Waals surface area contributed by atoms with Crippen molar-refractivity contribution in [2.75, 3.05) is 6.61 Å². The topological polar surface area (TPSA) is 339 Å². The van der Waals surface area contributed by atoms with E-state index in [9.17, 15) is 71.2 Å². The highest BCUT2D eigenvalue weighted by atomic mass is 16.7. The maximum Gasteiger partial charge on any atom is 0.239 e. The summed E-state index contributed by atoms with van der Waals surface area (Å²) >= 11 is 0. The number of rotatable bonds is 12. The molecule has 0 aliphatic carbocycles. The summed E-state index contributed by atoms with van der Waals surface area (Å²) in [5.74, 6) is -2.47. The number of hydrogen-bond acceptors (Lipinski definition) is 20. The van der Waals surface area contributed by atoms with Gasteiger partial charge in [0.05, 0.1) is 18.8 Å². The minimum Gasteiger partial charge on any atom is -0.508 e. The summed E-state index contributed by atoms with van der Waals surface area (Å²) in [7, 11) is 0. The van der Waals surface area contributed by atoms with E-state index in [1.165, 1.54) is 38.1 Å². The van der Waals surface area contributed by atoms with Crippen LogP contribution in [0, 0.1) is 0 Å². The third kappa shape index (κ3) is 8.35. The standard InChI is InChI=1S/C33H42O20/c1-10-19(37)23(41)27(45)32(49-10)48-9-16(36)21(39)25(43)26(44)31(47)53-30-22(40)18-15(35)7-14(51-33-28(46)24(42)20(38)11(2)50-33)8-17(18)52-29(30)12-3-5-13(34)6-4-12/h3-8,10-11,16,19-21,23-28,31-39,41-47H,9H2,1-2H3/t10-,11-,16+,19-,20-,21+,23+,24+,25-,26+,27+,28+,31-,32-,33-/m0/s1. The van der Waals surface area contributed by atoms with Crippen molar-refractivity contribution in [2.24, 2.45) is 0 Å². The van der Waals surface area contributed by atoms with E-state index in [-0.39, 0.29) is 22.6 Å². The van der Waals surface area contributed by atoms with E-state index in [2.05, 4.69) is 0 Å². The minimum absolute atomic E-state index is 0.0495. The molecule has 0 unspecified atom stereocenters. The third-order valence-corrected chi connectivity index (χ3v) is 8.96. The van der Waals surface area contributed by atoms with Gasteiger partial charge in [-0.15, -0.1) is 0 Å². The zero-order chi connectivity index (χ0) is 39.0. The van der Waals surface area contributed by atoms with Crippen LogP contribution in [0.3, 0.4) is 0 Å². The van der Waals surface area contributed by atoms with Gasteiger partial charge in [-0.1, -0.05) is 0 Å². The third-order valence-electron chi connectivity index (χ3n) is 8.96. The molecule has 2 fully saturated rings. The fourth-order valence-corrected chi connectivity index (χ4v) is 5.71.